The van der Waals surface area contributed by atoms with E-state index in [2.05, 4.69) is 5.32 Å². The average molecular weight is 207 g/mol. The van der Waals surface area contributed by atoms with Gasteiger partial charge in [0.1, 0.15) is 5.82 Å². The zero-order valence-electron chi connectivity index (χ0n) is 9.01. The minimum atomic E-state index is -0.0539. The third-order valence-corrected chi connectivity index (χ3v) is 3.12. The number of hydrogen-bond donors (Lipinski definition) is 1. The van der Waals surface area contributed by atoms with Crippen molar-refractivity contribution in [3.8, 4) is 0 Å². The van der Waals surface area contributed by atoms with Gasteiger partial charge in [0.05, 0.1) is 0 Å². The van der Waals surface area contributed by atoms with Crippen LogP contribution in [0.1, 0.15) is 24.8 Å². The molecule has 2 heteroatoms. The van der Waals surface area contributed by atoms with Crippen LogP contribution < -0.4 is 5.32 Å². The highest BCUT2D eigenvalue weighted by atomic mass is 19.1. The van der Waals surface area contributed by atoms with Gasteiger partial charge in [0.2, 0.25) is 0 Å². The van der Waals surface area contributed by atoms with E-state index in [4.69, 9.17) is 0 Å². The standard InChI is InChI=1S/C13H18FN/c14-13-7-2-1-6-12(13)9-11-5-3-4-8-15-10-11/h1-2,6-7,11,15H,3-5,8-10H2/t11-/m1/s1. The maximum atomic E-state index is 13.4. The molecule has 0 unspecified atom stereocenters. The van der Waals surface area contributed by atoms with Crippen molar-refractivity contribution >= 4 is 0 Å². The second-order valence-corrected chi connectivity index (χ2v) is 4.36. The van der Waals surface area contributed by atoms with Crippen LogP contribution in [0.2, 0.25) is 0 Å². The minimum absolute atomic E-state index is 0.0539. The predicted molar refractivity (Wildman–Crippen MR) is 60.3 cm³/mol. The van der Waals surface area contributed by atoms with Crippen molar-refractivity contribution < 1.29 is 4.39 Å². The molecule has 15 heavy (non-hydrogen) atoms. The first-order chi connectivity index (χ1) is 7.36. The van der Waals surface area contributed by atoms with Gasteiger partial charge >= 0.3 is 0 Å². The lowest BCUT2D eigenvalue weighted by Crippen LogP contribution is -2.22. The van der Waals surface area contributed by atoms with Crippen molar-refractivity contribution in [1.29, 1.82) is 0 Å². The van der Waals surface area contributed by atoms with E-state index in [9.17, 15) is 4.39 Å². The summed E-state index contributed by atoms with van der Waals surface area (Å²) in [7, 11) is 0. The van der Waals surface area contributed by atoms with Crippen molar-refractivity contribution in [2.75, 3.05) is 13.1 Å². The Balaban J connectivity index is 1.98. The number of halogens is 1. The molecule has 1 heterocycles. The molecular weight excluding hydrogens is 189 g/mol. The second kappa shape index (κ2) is 5.26. The fourth-order valence-corrected chi connectivity index (χ4v) is 2.24. The Labute approximate surface area is 90.7 Å². The van der Waals surface area contributed by atoms with E-state index in [1.807, 2.05) is 12.1 Å². The Morgan fingerprint density at radius 3 is 3.00 bits per heavy atom. The van der Waals surface area contributed by atoms with Crippen LogP contribution in [0.25, 0.3) is 0 Å². The van der Waals surface area contributed by atoms with Crippen LogP contribution in [0, 0.1) is 11.7 Å². The number of rotatable bonds is 2. The zero-order chi connectivity index (χ0) is 10.5. The van der Waals surface area contributed by atoms with E-state index >= 15 is 0 Å². The van der Waals surface area contributed by atoms with Crippen LogP contribution in [0.3, 0.4) is 0 Å². The Hall–Kier alpha value is -0.890. The Morgan fingerprint density at radius 1 is 1.27 bits per heavy atom. The van der Waals surface area contributed by atoms with Crippen molar-refractivity contribution in [3.63, 3.8) is 0 Å². The third kappa shape index (κ3) is 3.03. The van der Waals surface area contributed by atoms with Crippen molar-refractivity contribution in [3.05, 3.63) is 35.6 Å². The van der Waals surface area contributed by atoms with Crippen molar-refractivity contribution in [2.45, 2.75) is 25.7 Å². The molecule has 0 aliphatic carbocycles. The fraction of sp³-hybridized carbons (Fsp3) is 0.538. The van der Waals surface area contributed by atoms with E-state index in [1.165, 1.54) is 19.3 Å². The summed E-state index contributed by atoms with van der Waals surface area (Å²) in [4.78, 5) is 0. The summed E-state index contributed by atoms with van der Waals surface area (Å²) in [6, 6.07) is 7.13. The highest BCUT2D eigenvalue weighted by Gasteiger charge is 2.13. The van der Waals surface area contributed by atoms with E-state index < -0.39 is 0 Å². The maximum Gasteiger partial charge on any atom is 0.126 e. The molecule has 1 aromatic rings. The Morgan fingerprint density at radius 2 is 2.13 bits per heavy atom. The number of nitrogens with one attached hydrogen (secondary N) is 1. The molecule has 82 valence electrons. The van der Waals surface area contributed by atoms with Gasteiger partial charge in [0.25, 0.3) is 0 Å². The molecule has 1 aliphatic heterocycles. The summed E-state index contributed by atoms with van der Waals surface area (Å²) < 4.78 is 13.4. The van der Waals surface area contributed by atoms with E-state index in [0.29, 0.717) is 5.92 Å². The first kappa shape index (κ1) is 10.6. The van der Waals surface area contributed by atoms with Crippen LogP contribution in [0.5, 0.6) is 0 Å². The van der Waals surface area contributed by atoms with E-state index in [0.717, 1.165) is 25.1 Å². The van der Waals surface area contributed by atoms with Gasteiger partial charge in [-0.25, -0.2) is 4.39 Å². The molecule has 1 saturated heterocycles. The Kier molecular flexibility index (Phi) is 3.73. The van der Waals surface area contributed by atoms with Crippen LogP contribution in [0.4, 0.5) is 4.39 Å². The third-order valence-electron chi connectivity index (χ3n) is 3.12. The molecular formula is C13H18FN. The molecule has 1 nitrogen and oxygen atoms in total. The molecule has 0 amide bonds. The highest BCUT2D eigenvalue weighted by molar-refractivity contribution is 5.17. The summed E-state index contributed by atoms with van der Waals surface area (Å²) in [6.45, 7) is 2.15. The molecule has 1 aromatic carbocycles. The predicted octanol–water partition coefficient (Wildman–Crippen LogP) is 2.76. The average Bonchev–Trinajstić information content (AvgIpc) is 2.50. The van der Waals surface area contributed by atoms with Gasteiger partial charge < -0.3 is 5.32 Å². The smallest absolute Gasteiger partial charge is 0.126 e. The summed E-state index contributed by atoms with van der Waals surface area (Å²) in [5, 5.41) is 3.41. The van der Waals surface area contributed by atoms with Gasteiger partial charge in [-0.15, -0.1) is 0 Å². The van der Waals surface area contributed by atoms with Gasteiger partial charge in [0.15, 0.2) is 0 Å². The summed E-state index contributed by atoms with van der Waals surface area (Å²) >= 11 is 0. The maximum absolute atomic E-state index is 13.4. The summed E-state index contributed by atoms with van der Waals surface area (Å²) in [6.07, 6.45) is 4.63. The molecule has 0 spiro atoms. The van der Waals surface area contributed by atoms with Gasteiger partial charge in [-0.2, -0.15) is 0 Å². The normalized spacial score (nSPS) is 22.3. The quantitative estimate of drug-likeness (QED) is 0.786. The second-order valence-electron chi connectivity index (χ2n) is 4.36. The first-order valence-electron chi connectivity index (χ1n) is 5.80. The van der Waals surface area contributed by atoms with E-state index in [1.54, 1.807) is 12.1 Å². The van der Waals surface area contributed by atoms with E-state index in [-0.39, 0.29) is 5.82 Å². The molecule has 0 bridgehead atoms. The minimum Gasteiger partial charge on any atom is -0.316 e. The van der Waals surface area contributed by atoms with Crippen molar-refractivity contribution in [1.82, 2.24) is 5.32 Å². The van der Waals surface area contributed by atoms with Crippen LogP contribution in [-0.4, -0.2) is 13.1 Å². The van der Waals surface area contributed by atoms with Gasteiger partial charge in [-0.05, 0) is 49.9 Å². The largest absolute Gasteiger partial charge is 0.316 e. The van der Waals surface area contributed by atoms with Crippen molar-refractivity contribution in [2.24, 2.45) is 5.92 Å². The molecule has 1 N–H and O–H groups in total. The van der Waals surface area contributed by atoms with Gasteiger partial charge in [0, 0.05) is 0 Å². The molecule has 2 rings (SSSR count). The lowest BCUT2D eigenvalue weighted by Gasteiger charge is -2.14. The van der Waals surface area contributed by atoms with Crippen LogP contribution in [-0.2, 0) is 6.42 Å². The SMILES string of the molecule is Fc1ccccc1C[C@H]1CCCCNC1. The van der Waals surface area contributed by atoms with Gasteiger partial charge in [-0.1, -0.05) is 24.6 Å². The van der Waals surface area contributed by atoms with Crippen LogP contribution in [0.15, 0.2) is 24.3 Å². The zero-order valence-corrected chi connectivity index (χ0v) is 9.01. The number of benzene rings is 1. The molecule has 0 aromatic heterocycles. The lowest BCUT2D eigenvalue weighted by molar-refractivity contribution is 0.466. The van der Waals surface area contributed by atoms with Gasteiger partial charge in [-0.3, -0.25) is 0 Å². The first-order valence-corrected chi connectivity index (χ1v) is 5.80. The fourth-order valence-electron chi connectivity index (χ4n) is 2.24. The molecule has 1 atom stereocenters. The topological polar surface area (TPSA) is 12.0 Å². The van der Waals surface area contributed by atoms with Crippen LogP contribution >= 0.6 is 0 Å². The summed E-state index contributed by atoms with van der Waals surface area (Å²) in [5.41, 5.74) is 0.867. The highest BCUT2D eigenvalue weighted by Crippen LogP contribution is 2.18. The molecule has 0 radical (unpaired) electrons. The molecule has 0 saturated carbocycles. The molecule has 1 aliphatic rings. The molecule has 1 fully saturated rings. The summed E-state index contributed by atoms with van der Waals surface area (Å²) in [5.74, 6) is 0.547. The monoisotopic (exact) mass is 207 g/mol. The number of hydrogen-bond acceptors (Lipinski definition) is 1. The lowest BCUT2D eigenvalue weighted by atomic mass is 9.95. The Bertz CT molecular complexity index is 303.